The highest BCUT2D eigenvalue weighted by atomic mass is 16.4. The number of carboxylic acids is 1. The third kappa shape index (κ3) is 3.78. The Morgan fingerprint density at radius 1 is 1.38 bits per heavy atom. The molecular weight excluding hydrogens is 274 g/mol. The molecule has 4 N–H and O–H groups in total. The molecule has 1 saturated carbocycles. The van der Waals surface area contributed by atoms with Crippen LogP contribution in [0.2, 0.25) is 0 Å². The molecule has 0 unspecified atom stereocenters. The Hall–Kier alpha value is -1.96. The van der Waals surface area contributed by atoms with Gasteiger partial charge in [0.2, 0.25) is 5.91 Å². The Balaban J connectivity index is 1.95. The Kier molecular flexibility index (Phi) is 4.89. The molecular formula is C13H21N5O3. The second kappa shape index (κ2) is 6.66. The Labute approximate surface area is 122 Å². The van der Waals surface area contributed by atoms with Crippen LogP contribution in [0.4, 0.5) is 0 Å². The topological polar surface area (TPSA) is 123 Å². The lowest BCUT2D eigenvalue weighted by molar-refractivity contribution is -0.122. The number of hydrogen-bond donors (Lipinski definition) is 3. The largest absolute Gasteiger partial charge is 0.476 e. The van der Waals surface area contributed by atoms with Crippen molar-refractivity contribution in [2.75, 3.05) is 0 Å². The van der Waals surface area contributed by atoms with E-state index in [2.05, 4.69) is 22.6 Å². The van der Waals surface area contributed by atoms with Gasteiger partial charge in [-0.15, -0.1) is 5.10 Å². The van der Waals surface area contributed by atoms with Crippen LogP contribution in [0.5, 0.6) is 0 Å². The van der Waals surface area contributed by atoms with Crippen molar-refractivity contribution >= 4 is 11.9 Å². The third-order valence-electron chi connectivity index (χ3n) is 3.91. The molecule has 0 atom stereocenters. The van der Waals surface area contributed by atoms with Gasteiger partial charge in [-0.2, -0.15) is 0 Å². The van der Waals surface area contributed by atoms with Crippen LogP contribution in [-0.2, 0) is 17.9 Å². The van der Waals surface area contributed by atoms with E-state index < -0.39 is 5.97 Å². The first kappa shape index (κ1) is 15.4. The van der Waals surface area contributed by atoms with Gasteiger partial charge in [0.1, 0.15) is 6.54 Å². The van der Waals surface area contributed by atoms with E-state index >= 15 is 0 Å². The first-order chi connectivity index (χ1) is 10.0. The number of nitrogens with zero attached hydrogens (tertiary/aromatic N) is 3. The SMILES string of the molecule is CC1CCC(NC(=O)Cn2nnc(C(=O)O)c2CN)CC1. The maximum absolute atomic E-state index is 12.0. The first-order valence-corrected chi connectivity index (χ1v) is 7.16. The molecule has 8 heteroatoms. The van der Waals surface area contributed by atoms with Crippen LogP contribution in [0.15, 0.2) is 0 Å². The van der Waals surface area contributed by atoms with E-state index in [9.17, 15) is 9.59 Å². The summed E-state index contributed by atoms with van der Waals surface area (Å²) in [4.78, 5) is 23.0. The molecule has 1 amide bonds. The second-order valence-corrected chi connectivity index (χ2v) is 5.58. The Morgan fingerprint density at radius 3 is 2.62 bits per heavy atom. The smallest absolute Gasteiger partial charge is 0.358 e. The highest BCUT2D eigenvalue weighted by molar-refractivity contribution is 5.86. The van der Waals surface area contributed by atoms with E-state index in [1.165, 1.54) is 4.68 Å². The van der Waals surface area contributed by atoms with Gasteiger partial charge in [0.05, 0.1) is 5.69 Å². The molecule has 8 nitrogen and oxygen atoms in total. The fourth-order valence-corrected chi connectivity index (χ4v) is 2.64. The predicted molar refractivity (Wildman–Crippen MR) is 74.4 cm³/mol. The van der Waals surface area contributed by atoms with Gasteiger partial charge in [-0.3, -0.25) is 4.79 Å². The van der Waals surface area contributed by atoms with Crippen LogP contribution in [0.3, 0.4) is 0 Å². The number of amides is 1. The van der Waals surface area contributed by atoms with Crippen LogP contribution >= 0.6 is 0 Å². The van der Waals surface area contributed by atoms with E-state index in [0.717, 1.165) is 31.6 Å². The molecule has 0 aliphatic heterocycles. The van der Waals surface area contributed by atoms with Crippen molar-refractivity contribution in [1.29, 1.82) is 0 Å². The average Bonchev–Trinajstić information content (AvgIpc) is 2.84. The number of nitrogens with one attached hydrogen (secondary N) is 1. The van der Waals surface area contributed by atoms with Gasteiger partial charge < -0.3 is 16.2 Å². The van der Waals surface area contributed by atoms with Crippen LogP contribution in [0.25, 0.3) is 0 Å². The zero-order valence-electron chi connectivity index (χ0n) is 12.1. The van der Waals surface area contributed by atoms with Crippen molar-refractivity contribution < 1.29 is 14.7 Å². The van der Waals surface area contributed by atoms with Crippen molar-refractivity contribution in [3.63, 3.8) is 0 Å². The van der Waals surface area contributed by atoms with Crippen molar-refractivity contribution in [3.05, 3.63) is 11.4 Å². The lowest BCUT2D eigenvalue weighted by Crippen LogP contribution is -2.39. The molecule has 1 aromatic heterocycles. The molecule has 0 radical (unpaired) electrons. The standard InChI is InChI=1S/C13H21N5O3/c1-8-2-4-9(5-3-8)15-11(19)7-18-10(6-14)12(13(20)21)16-17-18/h8-9H,2-7,14H2,1H3,(H,15,19)(H,20,21). The zero-order valence-corrected chi connectivity index (χ0v) is 12.1. The van der Waals surface area contributed by atoms with Gasteiger partial charge >= 0.3 is 5.97 Å². The highest BCUT2D eigenvalue weighted by Crippen LogP contribution is 2.23. The van der Waals surface area contributed by atoms with E-state index in [1.54, 1.807) is 0 Å². The van der Waals surface area contributed by atoms with Gasteiger partial charge in [-0.25, -0.2) is 9.48 Å². The maximum atomic E-state index is 12.0. The number of hydrogen-bond acceptors (Lipinski definition) is 5. The summed E-state index contributed by atoms with van der Waals surface area (Å²) >= 11 is 0. The third-order valence-corrected chi connectivity index (χ3v) is 3.91. The van der Waals surface area contributed by atoms with Gasteiger partial charge in [0, 0.05) is 12.6 Å². The number of nitrogens with two attached hydrogens (primary N) is 1. The van der Waals surface area contributed by atoms with Gasteiger partial charge in [0.15, 0.2) is 5.69 Å². The minimum atomic E-state index is -1.19. The van der Waals surface area contributed by atoms with Crippen molar-refractivity contribution in [2.45, 2.75) is 51.7 Å². The number of aromatic nitrogens is 3. The molecule has 1 heterocycles. The second-order valence-electron chi connectivity index (χ2n) is 5.58. The number of aromatic carboxylic acids is 1. The first-order valence-electron chi connectivity index (χ1n) is 7.16. The molecule has 0 spiro atoms. The Morgan fingerprint density at radius 2 is 2.05 bits per heavy atom. The number of rotatable bonds is 5. The minimum Gasteiger partial charge on any atom is -0.476 e. The fraction of sp³-hybridized carbons (Fsp3) is 0.692. The normalized spacial score (nSPS) is 22.0. The molecule has 1 aliphatic carbocycles. The average molecular weight is 295 g/mol. The lowest BCUT2D eigenvalue weighted by Gasteiger charge is -2.26. The zero-order chi connectivity index (χ0) is 15.4. The predicted octanol–water partition coefficient (Wildman–Crippen LogP) is 0.130. The molecule has 1 fully saturated rings. The number of carbonyl (C=O) groups is 2. The lowest BCUT2D eigenvalue weighted by atomic mass is 9.87. The van der Waals surface area contributed by atoms with E-state index in [4.69, 9.17) is 10.8 Å². The molecule has 116 valence electrons. The van der Waals surface area contributed by atoms with Crippen LogP contribution < -0.4 is 11.1 Å². The summed E-state index contributed by atoms with van der Waals surface area (Å²) in [5, 5.41) is 19.2. The number of carbonyl (C=O) groups excluding carboxylic acids is 1. The Bertz CT molecular complexity index is 520. The summed E-state index contributed by atoms with van der Waals surface area (Å²) in [7, 11) is 0. The van der Waals surface area contributed by atoms with Crippen molar-refractivity contribution in [3.8, 4) is 0 Å². The quantitative estimate of drug-likeness (QED) is 0.709. The van der Waals surface area contributed by atoms with Crippen molar-refractivity contribution in [1.82, 2.24) is 20.3 Å². The molecule has 2 rings (SSSR count). The molecule has 1 aliphatic rings. The van der Waals surface area contributed by atoms with Crippen molar-refractivity contribution in [2.24, 2.45) is 11.7 Å². The number of carboxylic acid groups (broad SMARTS) is 1. The van der Waals surface area contributed by atoms with E-state index in [1.807, 2.05) is 0 Å². The minimum absolute atomic E-state index is 0.0249. The summed E-state index contributed by atoms with van der Waals surface area (Å²) < 4.78 is 1.25. The van der Waals surface area contributed by atoms with Gasteiger partial charge in [-0.05, 0) is 31.6 Å². The molecule has 21 heavy (non-hydrogen) atoms. The summed E-state index contributed by atoms with van der Waals surface area (Å²) in [6, 6.07) is 0.192. The summed E-state index contributed by atoms with van der Waals surface area (Å²) in [5.74, 6) is -0.662. The molecule has 1 aromatic rings. The summed E-state index contributed by atoms with van der Waals surface area (Å²) in [6.45, 7) is 2.14. The van der Waals surface area contributed by atoms with Crippen LogP contribution in [-0.4, -0.2) is 38.0 Å². The van der Waals surface area contributed by atoms with Crippen LogP contribution in [0.1, 0.15) is 48.8 Å². The highest BCUT2D eigenvalue weighted by Gasteiger charge is 2.22. The van der Waals surface area contributed by atoms with Gasteiger partial charge in [0.25, 0.3) is 0 Å². The summed E-state index contributed by atoms with van der Waals surface area (Å²) in [5.41, 5.74) is 5.57. The maximum Gasteiger partial charge on any atom is 0.358 e. The van der Waals surface area contributed by atoms with Gasteiger partial charge in [-0.1, -0.05) is 12.1 Å². The van der Waals surface area contributed by atoms with Crippen LogP contribution in [0, 0.1) is 5.92 Å². The molecule has 0 aromatic carbocycles. The van der Waals surface area contributed by atoms with E-state index in [0.29, 0.717) is 0 Å². The summed E-state index contributed by atoms with van der Waals surface area (Å²) in [6.07, 6.45) is 4.19. The van der Waals surface area contributed by atoms with E-state index in [-0.39, 0.29) is 36.4 Å². The monoisotopic (exact) mass is 295 g/mol. The molecule has 0 bridgehead atoms. The molecule has 0 saturated heterocycles. The fourth-order valence-electron chi connectivity index (χ4n) is 2.64.